The zero-order chi connectivity index (χ0) is 20.8. The summed E-state index contributed by atoms with van der Waals surface area (Å²) in [6.07, 6.45) is 5.89. The number of nitrogens with one attached hydrogen (secondary N) is 2. The first-order valence-electron chi connectivity index (χ1n) is 11.2. The van der Waals surface area contributed by atoms with E-state index in [-0.39, 0.29) is 24.1 Å². The summed E-state index contributed by atoms with van der Waals surface area (Å²) in [5, 5.41) is 6.07. The Morgan fingerprint density at radius 3 is 2.60 bits per heavy atom. The van der Waals surface area contributed by atoms with Crippen molar-refractivity contribution < 1.29 is 14.4 Å². The standard InChI is InChI=1S/C23H30N4O3/c1-26(12-15-9-17-3-4-18(10-15)24-17)11-14-2-5-19-16(8-14)13-27(23(19)30)20-6-7-21(28)25-22(20)29/h2,5,8,15,17-18,20,24H,3-4,6-7,9-13H2,1H3,(H,25,28,29)/t15?,17-,18+,20?. The van der Waals surface area contributed by atoms with Gasteiger partial charge in [-0.25, -0.2) is 0 Å². The maximum absolute atomic E-state index is 12.8. The summed E-state index contributed by atoms with van der Waals surface area (Å²) in [4.78, 5) is 40.5. The van der Waals surface area contributed by atoms with Crippen molar-refractivity contribution in [2.24, 2.45) is 5.92 Å². The van der Waals surface area contributed by atoms with Crippen LogP contribution in [0.15, 0.2) is 18.2 Å². The maximum atomic E-state index is 12.8. The predicted molar refractivity (Wildman–Crippen MR) is 111 cm³/mol. The van der Waals surface area contributed by atoms with Crippen LogP contribution in [0.3, 0.4) is 0 Å². The molecule has 0 saturated carbocycles. The van der Waals surface area contributed by atoms with Crippen LogP contribution in [0.4, 0.5) is 0 Å². The number of carbonyl (C=O) groups excluding carboxylic acids is 3. The number of benzene rings is 1. The zero-order valence-electron chi connectivity index (χ0n) is 17.5. The number of rotatable bonds is 5. The van der Waals surface area contributed by atoms with Crippen molar-refractivity contribution in [3.05, 3.63) is 34.9 Å². The van der Waals surface area contributed by atoms with Crippen LogP contribution >= 0.6 is 0 Å². The first-order valence-corrected chi connectivity index (χ1v) is 11.2. The number of carbonyl (C=O) groups is 3. The lowest BCUT2D eigenvalue weighted by atomic mass is 9.92. The molecule has 30 heavy (non-hydrogen) atoms. The smallest absolute Gasteiger partial charge is 0.255 e. The number of amides is 3. The van der Waals surface area contributed by atoms with Gasteiger partial charge in [0.25, 0.3) is 5.91 Å². The average Bonchev–Trinajstić information content (AvgIpc) is 3.20. The number of nitrogens with zero attached hydrogens (tertiary/aromatic N) is 2. The molecule has 4 heterocycles. The van der Waals surface area contributed by atoms with Crippen molar-refractivity contribution in [2.75, 3.05) is 13.6 Å². The first-order chi connectivity index (χ1) is 14.5. The van der Waals surface area contributed by atoms with Gasteiger partial charge in [-0.3, -0.25) is 19.7 Å². The summed E-state index contributed by atoms with van der Waals surface area (Å²) in [7, 11) is 2.18. The highest BCUT2D eigenvalue weighted by molar-refractivity contribution is 6.05. The summed E-state index contributed by atoms with van der Waals surface area (Å²) in [6, 6.07) is 6.92. The molecule has 1 aromatic rings. The number of hydrogen-bond acceptors (Lipinski definition) is 5. The Hall–Kier alpha value is -2.25. The molecule has 3 fully saturated rings. The Morgan fingerprint density at radius 2 is 1.87 bits per heavy atom. The second-order valence-electron chi connectivity index (χ2n) is 9.56. The maximum Gasteiger partial charge on any atom is 0.255 e. The van der Waals surface area contributed by atoms with Crippen molar-refractivity contribution >= 4 is 17.7 Å². The molecule has 7 heteroatoms. The van der Waals surface area contributed by atoms with E-state index in [0.29, 0.717) is 30.6 Å². The van der Waals surface area contributed by atoms with Crippen LogP contribution in [0.1, 0.15) is 60.0 Å². The van der Waals surface area contributed by atoms with Crippen molar-refractivity contribution in [3.63, 3.8) is 0 Å². The van der Waals surface area contributed by atoms with Gasteiger partial charge >= 0.3 is 0 Å². The van der Waals surface area contributed by atoms with E-state index >= 15 is 0 Å². The molecule has 4 atom stereocenters. The molecule has 2 N–H and O–H groups in total. The van der Waals surface area contributed by atoms with Gasteiger partial charge in [0.1, 0.15) is 6.04 Å². The fourth-order valence-electron chi connectivity index (χ4n) is 5.87. The lowest BCUT2D eigenvalue weighted by Crippen LogP contribution is -2.52. The number of fused-ring (bicyclic) bond motifs is 3. The molecule has 0 aliphatic carbocycles. The molecule has 2 bridgehead atoms. The van der Waals surface area contributed by atoms with Gasteiger partial charge in [-0.05, 0) is 62.3 Å². The summed E-state index contributed by atoms with van der Waals surface area (Å²) in [5.74, 6) is 0.0353. The molecule has 3 saturated heterocycles. The number of piperidine rings is 2. The second kappa shape index (κ2) is 7.78. The molecular weight excluding hydrogens is 380 g/mol. The Bertz CT molecular complexity index is 873. The van der Waals surface area contributed by atoms with E-state index in [1.54, 1.807) is 4.90 Å². The molecule has 3 amide bonds. The first kappa shape index (κ1) is 19.7. The molecule has 7 nitrogen and oxygen atoms in total. The lowest BCUT2D eigenvalue weighted by Gasteiger charge is -2.32. The van der Waals surface area contributed by atoms with E-state index in [2.05, 4.69) is 28.6 Å². The molecule has 160 valence electrons. The molecule has 0 spiro atoms. The van der Waals surface area contributed by atoms with Crippen molar-refractivity contribution in [1.82, 2.24) is 20.4 Å². The number of imide groups is 1. The molecule has 0 aromatic heterocycles. The highest BCUT2D eigenvalue weighted by Crippen LogP contribution is 2.32. The monoisotopic (exact) mass is 410 g/mol. The number of hydrogen-bond donors (Lipinski definition) is 2. The van der Waals surface area contributed by atoms with Crippen LogP contribution in [0.5, 0.6) is 0 Å². The fraction of sp³-hybridized carbons (Fsp3) is 0.609. The third kappa shape index (κ3) is 3.76. The molecule has 4 aliphatic rings. The van der Waals surface area contributed by atoms with E-state index in [0.717, 1.165) is 24.6 Å². The topological polar surface area (TPSA) is 81.8 Å². The minimum atomic E-state index is -0.552. The van der Waals surface area contributed by atoms with Gasteiger partial charge in [-0.2, -0.15) is 0 Å². The quantitative estimate of drug-likeness (QED) is 0.718. The van der Waals surface area contributed by atoms with E-state index in [9.17, 15) is 14.4 Å². The van der Waals surface area contributed by atoms with Crippen LogP contribution in [0.25, 0.3) is 0 Å². The largest absolute Gasteiger partial charge is 0.322 e. The van der Waals surface area contributed by atoms with Gasteiger partial charge in [0.05, 0.1) is 0 Å². The van der Waals surface area contributed by atoms with E-state index in [4.69, 9.17) is 0 Å². The van der Waals surface area contributed by atoms with Crippen LogP contribution in [0.2, 0.25) is 0 Å². The van der Waals surface area contributed by atoms with E-state index < -0.39 is 6.04 Å². The average molecular weight is 411 g/mol. The van der Waals surface area contributed by atoms with Crippen molar-refractivity contribution in [2.45, 2.75) is 69.7 Å². The van der Waals surface area contributed by atoms with Crippen LogP contribution < -0.4 is 10.6 Å². The van der Waals surface area contributed by atoms with Gasteiger partial charge in [-0.15, -0.1) is 0 Å². The van der Waals surface area contributed by atoms with Gasteiger partial charge in [-0.1, -0.05) is 12.1 Å². The Kier molecular flexibility index (Phi) is 5.11. The molecule has 5 rings (SSSR count). The third-order valence-electron chi connectivity index (χ3n) is 7.18. The minimum Gasteiger partial charge on any atom is -0.322 e. The molecule has 4 aliphatic heterocycles. The van der Waals surface area contributed by atoms with Gasteiger partial charge in [0.2, 0.25) is 11.8 Å². The molecular formula is C23H30N4O3. The highest BCUT2D eigenvalue weighted by atomic mass is 16.2. The van der Waals surface area contributed by atoms with E-state index in [1.807, 2.05) is 12.1 Å². The van der Waals surface area contributed by atoms with Crippen LogP contribution in [-0.4, -0.2) is 59.2 Å². The van der Waals surface area contributed by atoms with Crippen molar-refractivity contribution in [3.8, 4) is 0 Å². The normalized spacial score (nSPS) is 30.7. The Morgan fingerprint density at radius 1 is 1.10 bits per heavy atom. The van der Waals surface area contributed by atoms with Gasteiger partial charge in [0, 0.05) is 43.7 Å². The predicted octanol–water partition coefficient (Wildman–Crippen LogP) is 1.41. The molecule has 0 radical (unpaired) electrons. The molecule has 2 unspecified atom stereocenters. The van der Waals surface area contributed by atoms with Crippen LogP contribution in [0, 0.1) is 5.92 Å². The highest BCUT2D eigenvalue weighted by Gasteiger charge is 2.39. The van der Waals surface area contributed by atoms with E-state index in [1.165, 1.54) is 31.2 Å². The van der Waals surface area contributed by atoms with Gasteiger partial charge in [0.15, 0.2) is 0 Å². The third-order valence-corrected chi connectivity index (χ3v) is 7.18. The zero-order valence-corrected chi connectivity index (χ0v) is 17.5. The minimum absolute atomic E-state index is 0.107. The summed E-state index contributed by atoms with van der Waals surface area (Å²) < 4.78 is 0. The lowest BCUT2D eigenvalue weighted by molar-refractivity contribution is -0.136. The Labute approximate surface area is 177 Å². The van der Waals surface area contributed by atoms with Gasteiger partial charge < -0.3 is 15.1 Å². The fourth-order valence-corrected chi connectivity index (χ4v) is 5.87. The summed E-state index contributed by atoms with van der Waals surface area (Å²) >= 11 is 0. The summed E-state index contributed by atoms with van der Waals surface area (Å²) in [5.41, 5.74) is 2.86. The SMILES string of the molecule is CN(Cc1ccc2c(c1)CN(C1CCC(=O)NC1=O)C2=O)CC1C[C@H]2CC[C@@H](C1)N2. The molecule has 1 aromatic carbocycles. The second-order valence-corrected chi connectivity index (χ2v) is 9.56. The Balaban J connectivity index is 1.22. The van der Waals surface area contributed by atoms with Crippen LogP contribution in [-0.2, 0) is 22.7 Å². The summed E-state index contributed by atoms with van der Waals surface area (Å²) in [6.45, 7) is 2.40. The van der Waals surface area contributed by atoms with Crippen molar-refractivity contribution in [1.29, 1.82) is 0 Å².